The van der Waals surface area contributed by atoms with Gasteiger partial charge in [0.05, 0.1) is 17.4 Å². The highest BCUT2D eigenvalue weighted by atomic mass is 16.5. The first-order chi connectivity index (χ1) is 13.0. The first kappa shape index (κ1) is 18.2. The predicted molar refractivity (Wildman–Crippen MR) is 95.3 cm³/mol. The monoisotopic (exact) mass is 369 g/mol. The lowest BCUT2D eigenvalue weighted by molar-refractivity contribution is -0.123. The Kier molecular flexibility index (Phi) is 5.25. The summed E-state index contributed by atoms with van der Waals surface area (Å²) in [7, 11) is 0. The molecule has 1 amide bonds. The van der Waals surface area contributed by atoms with Crippen molar-refractivity contribution in [3.63, 3.8) is 0 Å². The zero-order chi connectivity index (χ0) is 19.4. The smallest absolute Gasteiger partial charge is 0.338 e. The minimum absolute atomic E-state index is 0.0897. The highest BCUT2D eigenvalue weighted by molar-refractivity contribution is 5.96. The minimum atomic E-state index is -0.966. The molecule has 0 radical (unpaired) electrons. The number of carbonyl (C=O) groups excluding carboxylic acids is 2. The molecule has 0 saturated carbocycles. The number of aromatic nitrogens is 6. The van der Waals surface area contributed by atoms with Crippen LogP contribution in [0.15, 0.2) is 42.9 Å². The first-order valence-corrected chi connectivity index (χ1v) is 8.34. The van der Waals surface area contributed by atoms with Crippen molar-refractivity contribution in [1.82, 2.24) is 30.0 Å². The van der Waals surface area contributed by atoms with Crippen LogP contribution in [0, 0.1) is 0 Å². The van der Waals surface area contributed by atoms with Gasteiger partial charge in [-0.3, -0.25) is 4.79 Å². The second kappa shape index (κ2) is 7.77. The van der Waals surface area contributed by atoms with Crippen LogP contribution in [-0.2, 0) is 9.53 Å². The van der Waals surface area contributed by atoms with Gasteiger partial charge in [-0.1, -0.05) is 0 Å². The number of tetrazole rings is 1. The molecule has 2 aromatic heterocycles. The van der Waals surface area contributed by atoms with Gasteiger partial charge in [-0.05, 0) is 55.5 Å². The number of amides is 1. The third-order valence-electron chi connectivity index (χ3n) is 3.78. The molecule has 0 bridgehead atoms. The van der Waals surface area contributed by atoms with Gasteiger partial charge in [-0.25, -0.2) is 14.2 Å². The SMILES string of the molecule is CC(C)n1nccc1NC(=O)[C@@H](C)OC(=O)c1ccc(-n2cnnn2)cc1. The maximum atomic E-state index is 12.3. The topological polar surface area (TPSA) is 117 Å². The number of esters is 1. The van der Waals surface area contributed by atoms with Crippen LogP contribution < -0.4 is 5.32 Å². The van der Waals surface area contributed by atoms with Gasteiger partial charge in [0.15, 0.2) is 6.10 Å². The summed E-state index contributed by atoms with van der Waals surface area (Å²) in [6.07, 6.45) is 2.08. The number of carbonyl (C=O) groups is 2. The molecule has 10 heteroatoms. The Morgan fingerprint density at radius 3 is 2.48 bits per heavy atom. The highest BCUT2D eigenvalue weighted by Gasteiger charge is 2.20. The molecule has 0 spiro atoms. The van der Waals surface area contributed by atoms with Crippen LogP contribution in [0.2, 0.25) is 0 Å². The molecule has 2 heterocycles. The largest absolute Gasteiger partial charge is 0.449 e. The van der Waals surface area contributed by atoms with Crippen LogP contribution in [-0.4, -0.2) is 48.0 Å². The molecule has 10 nitrogen and oxygen atoms in total. The Morgan fingerprint density at radius 2 is 1.85 bits per heavy atom. The minimum Gasteiger partial charge on any atom is -0.449 e. The zero-order valence-corrected chi connectivity index (χ0v) is 15.1. The number of ether oxygens (including phenoxy) is 1. The molecule has 0 fully saturated rings. The lowest BCUT2D eigenvalue weighted by Gasteiger charge is -2.15. The Labute approximate surface area is 155 Å². The standard InChI is InChI=1S/C17H19N7O3/c1-11(2)24-15(8-9-19-24)20-16(25)12(3)27-17(26)13-4-6-14(7-5-13)23-10-18-21-22-23/h4-12H,1-3H3,(H,20,25)/t12-/m1/s1. The molecular weight excluding hydrogens is 350 g/mol. The first-order valence-electron chi connectivity index (χ1n) is 8.34. The van der Waals surface area contributed by atoms with Gasteiger partial charge >= 0.3 is 5.97 Å². The Bertz CT molecular complexity index is 916. The van der Waals surface area contributed by atoms with E-state index in [-0.39, 0.29) is 6.04 Å². The molecule has 0 aliphatic rings. The molecule has 0 aliphatic heterocycles. The molecule has 0 unspecified atom stereocenters. The number of anilines is 1. The molecule has 27 heavy (non-hydrogen) atoms. The number of hydrogen-bond donors (Lipinski definition) is 1. The summed E-state index contributed by atoms with van der Waals surface area (Å²) in [6.45, 7) is 5.41. The van der Waals surface area contributed by atoms with Gasteiger partial charge in [0, 0.05) is 12.1 Å². The lowest BCUT2D eigenvalue weighted by atomic mass is 10.2. The average Bonchev–Trinajstić information content (AvgIpc) is 3.33. The Balaban J connectivity index is 1.61. The molecular formula is C17H19N7O3. The third-order valence-corrected chi connectivity index (χ3v) is 3.78. The normalized spacial score (nSPS) is 12.0. The molecule has 140 valence electrons. The Hall–Kier alpha value is -3.56. The maximum absolute atomic E-state index is 12.3. The molecule has 3 rings (SSSR count). The summed E-state index contributed by atoms with van der Waals surface area (Å²) in [4.78, 5) is 24.6. The van der Waals surface area contributed by atoms with Crippen molar-refractivity contribution in [2.24, 2.45) is 0 Å². The summed E-state index contributed by atoms with van der Waals surface area (Å²) in [5.74, 6) is -0.488. The second-order valence-electron chi connectivity index (χ2n) is 6.09. The van der Waals surface area contributed by atoms with Crippen molar-refractivity contribution in [2.75, 3.05) is 5.32 Å². The van der Waals surface area contributed by atoms with E-state index in [1.165, 1.54) is 17.9 Å². The number of rotatable bonds is 6. The summed E-state index contributed by atoms with van der Waals surface area (Å²) >= 11 is 0. The highest BCUT2D eigenvalue weighted by Crippen LogP contribution is 2.14. The van der Waals surface area contributed by atoms with Gasteiger partial charge in [0.1, 0.15) is 12.1 Å². The number of benzene rings is 1. The Morgan fingerprint density at radius 1 is 1.11 bits per heavy atom. The molecule has 1 N–H and O–H groups in total. The molecule has 1 atom stereocenters. The average molecular weight is 369 g/mol. The summed E-state index contributed by atoms with van der Waals surface area (Å²) in [5, 5.41) is 17.7. The van der Waals surface area contributed by atoms with Crippen molar-refractivity contribution in [3.05, 3.63) is 48.4 Å². The van der Waals surface area contributed by atoms with Crippen LogP contribution in [0.3, 0.4) is 0 Å². The molecule has 3 aromatic rings. The van der Waals surface area contributed by atoms with E-state index in [0.717, 1.165) is 0 Å². The van der Waals surface area contributed by atoms with Crippen molar-refractivity contribution in [2.45, 2.75) is 32.9 Å². The summed E-state index contributed by atoms with van der Waals surface area (Å²) in [6, 6.07) is 8.30. The summed E-state index contributed by atoms with van der Waals surface area (Å²) in [5.41, 5.74) is 1.02. The van der Waals surface area contributed by atoms with Crippen LogP contribution in [0.1, 0.15) is 37.2 Å². The number of nitrogens with zero attached hydrogens (tertiary/aromatic N) is 6. The van der Waals surface area contributed by atoms with Crippen molar-refractivity contribution in [1.29, 1.82) is 0 Å². The number of nitrogens with one attached hydrogen (secondary N) is 1. The van der Waals surface area contributed by atoms with E-state index in [2.05, 4.69) is 25.9 Å². The quantitative estimate of drug-likeness (QED) is 0.656. The van der Waals surface area contributed by atoms with E-state index in [1.807, 2.05) is 13.8 Å². The van der Waals surface area contributed by atoms with Crippen LogP contribution in [0.5, 0.6) is 0 Å². The fourth-order valence-corrected chi connectivity index (χ4v) is 2.36. The van der Waals surface area contributed by atoms with E-state index in [4.69, 9.17) is 4.74 Å². The molecule has 1 aromatic carbocycles. The molecule has 0 aliphatic carbocycles. The van der Waals surface area contributed by atoms with E-state index >= 15 is 0 Å². The number of hydrogen-bond acceptors (Lipinski definition) is 7. The molecule has 0 saturated heterocycles. The maximum Gasteiger partial charge on any atom is 0.338 e. The fourth-order valence-electron chi connectivity index (χ4n) is 2.36. The van der Waals surface area contributed by atoms with Gasteiger partial charge in [-0.2, -0.15) is 5.10 Å². The van der Waals surface area contributed by atoms with E-state index in [1.54, 1.807) is 41.2 Å². The summed E-state index contributed by atoms with van der Waals surface area (Å²) < 4.78 is 8.38. The third kappa shape index (κ3) is 4.17. The van der Waals surface area contributed by atoms with E-state index in [0.29, 0.717) is 17.1 Å². The van der Waals surface area contributed by atoms with Gasteiger partial charge in [0.25, 0.3) is 5.91 Å². The van der Waals surface area contributed by atoms with Gasteiger partial charge in [-0.15, -0.1) is 5.10 Å². The van der Waals surface area contributed by atoms with Crippen molar-refractivity contribution < 1.29 is 14.3 Å². The lowest BCUT2D eigenvalue weighted by Crippen LogP contribution is -2.31. The van der Waals surface area contributed by atoms with Gasteiger partial charge < -0.3 is 10.1 Å². The fraction of sp³-hybridized carbons (Fsp3) is 0.294. The predicted octanol–water partition coefficient (Wildman–Crippen LogP) is 1.62. The van der Waals surface area contributed by atoms with Crippen LogP contribution in [0.4, 0.5) is 5.82 Å². The van der Waals surface area contributed by atoms with Gasteiger partial charge in [0.2, 0.25) is 0 Å². The van der Waals surface area contributed by atoms with Crippen molar-refractivity contribution >= 4 is 17.7 Å². The van der Waals surface area contributed by atoms with E-state index in [9.17, 15) is 9.59 Å². The second-order valence-corrected chi connectivity index (χ2v) is 6.09. The van der Waals surface area contributed by atoms with E-state index < -0.39 is 18.0 Å². The van der Waals surface area contributed by atoms with Crippen molar-refractivity contribution in [3.8, 4) is 5.69 Å². The zero-order valence-electron chi connectivity index (χ0n) is 15.1. The van der Waals surface area contributed by atoms with Crippen LogP contribution >= 0.6 is 0 Å². The van der Waals surface area contributed by atoms with Crippen LogP contribution in [0.25, 0.3) is 5.69 Å².